The molecule has 2 heterocycles. The molecule has 2 aromatic carbocycles. The highest BCUT2D eigenvalue weighted by Gasteiger charge is 2.57. The summed E-state index contributed by atoms with van der Waals surface area (Å²) in [5.41, 5.74) is 2.67. The Bertz CT molecular complexity index is 892. The Balaban J connectivity index is 1.93. The molecule has 5 nitrogen and oxygen atoms in total. The minimum atomic E-state index is -0.708. The van der Waals surface area contributed by atoms with Crippen molar-refractivity contribution in [1.29, 1.82) is 0 Å². The molecule has 138 valence electrons. The van der Waals surface area contributed by atoms with Gasteiger partial charge in [-0.25, -0.2) is 0 Å². The van der Waals surface area contributed by atoms with Crippen molar-refractivity contribution in [2.24, 2.45) is 0 Å². The largest absolute Gasteiger partial charge is 0.508 e. The van der Waals surface area contributed by atoms with Gasteiger partial charge in [0.1, 0.15) is 23.0 Å². The lowest BCUT2D eigenvalue weighted by Crippen LogP contribution is -2.54. The van der Waals surface area contributed by atoms with Crippen molar-refractivity contribution in [2.75, 3.05) is 20.6 Å². The first-order valence-electron chi connectivity index (χ1n) is 8.91. The van der Waals surface area contributed by atoms with Crippen LogP contribution in [-0.2, 0) is 5.60 Å². The molecule has 2 aromatic rings. The van der Waals surface area contributed by atoms with E-state index in [0.29, 0.717) is 6.54 Å². The second-order valence-corrected chi connectivity index (χ2v) is 7.87. The van der Waals surface area contributed by atoms with Crippen LogP contribution in [0, 0.1) is 13.8 Å². The molecule has 0 saturated heterocycles. The summed E-state index contributed by atoms with van der Waals surface area (Å²) in [6, 6.07) is 7.33. The summed E-state index contributed by atoms with van der Waals surface area (Å²) in [6.45, 7) is 6.45. The van der Waals surface area contributed by atoms with E-state index in [4.69, 9.17) is 9.47 Å². The van der Waals surface area contributed by atoms with Crippen LogP contribution in [0.5, 0.6) is 23.0 Å². The van der Waals surface area contributed by atoms with Crippen molar-refractivity contribution >= 4 is 0 Å². The first kappa shape index (κ1) is 17.0. The van der Waals surface area contributed by atoms with Crippen LogP contribution >= 0.6 is 0 Å². The summed E-state index contributed by atoms with van der Waals surface area (Å²) in [7, 11) is 4.01. The fraction of sp³-hybridized carbons (Fsp3) is 0.429. The number of hydrogen-bond donors (Lipinski definition) is 2. The molecule has 0 aromatic heterocycles. The zero-order valence-corrected chi connectivity index (χ0v) is 15.8. The minimum absolute atomic E-state index is 0.0278. The van der Waals surface area contributed by atoms with Gasteiger partial charge in [0.25, 0.3) is 0 Å². The lowest BCUT2D eigenvalue weighted by molar-refractivity contribution is -0.0583. The number of benzene rings is 2. The van der Waals surface area contributed by atoms with Gasteiger partial charge in [-0.1, -0.05) is 6.92 Å². The molecule has 2 N–H and O–H groups in total. The second-order valence-electron chi connectivity index (χ2n) is 7.87. The van der Waals surface area contributed by atoms with Gasteiger partial charge in [0.15, 0.2) is 11.7 Å². The molecule has 0 amide bonds. The Kier molecular flexibility index (Phi) is 3.63. The molecule has 0 unspecified atom stereocenters. The fourth-order valence-corrected chi connectivity index (χ4v) is 4.27. The molecule has 3 atom stereocenters. The number of likely N-dealkylation sites (N-methyl/N-ethyl adjacent to an activating group) is 1. The van der Waals surface area contributed by atoms with E-state index in [0.717, 1.165) is 33.8 Å². The van der Waals surface area contributed by atoms with Crippen molar-refractivity contribution in [3.8, 4) is 23.0 Å². The standard InChI is InChI=1S/C21H25NO4/c1-11-6-18-14(8-16(11)23)13(3)20-21(26-18,10-22(4)5)15-9-17(24)12(2)7-19(15)25-20/h6-9,13,20,23-24H,10H2,1-5H3/t13-,20-,21-/m1/s1. The van der Waals surface area contributed by atoms with E-state index in [1.165, 1.54) is 0 Å². The minimum Gasteiger partial charge on any atom is -0.508 e. The Morgan fingerprint density at radius 2 is 1.62 bits per heavy atom. The summed E-state index contributed by atoms with van der Waals surface area (Å²) < 4.78 is 12.9. The van der Waals surface area contributed by atoms with Gasteiger partial charge < -0.3 is 24.6 Å². The highest BCUT2D eigenvalue weighted by molar-refractivity contribution is 5.57. The van der Waals surface area contributed by atoms with Crippen LogP contribution in [0.25, 0.3) is 0 Å². The average Bonchev–Trinajstić information content (AvgIpc) is 2.84. The number of ether oxygens (including phenoxy) is 2. The summed E-state index contributed by atoms with van der Waals surface area (Å²) >= 11 is 0. The molecule has 0 radical (unpaired) electrons. The van der Waals surface area contributed by atoms with E-state index in [-0.39, 0.29) is 23.5 Å². The van der Waals surface area contributed by atoms with Gasteiger partial charge in [0.05, 0.1) is 0 Å². The summed E-state index contributed by atoms with van der Waals surface area (Å²) in [4.78, 5) is 2.08. The topological polar surface area (TPSA) is 62.2 Å². The highest BCUT2D eigenvalue weighted by Crippen LogP contribution is 2.55. The molecule has 0 spiro atoms. The maximum Gasteiger partial charge on any atom is 0.187 e. The molecule has 2 aliphatic rings. The highest BCUT2D eigenvalue weighted by atomic mass is 16.6. The third-order valence-corrected chi connectivity index (χ3v) is 5.58. The van der Waals surface area contributed by atoms with E-state index in [2.05, 4.69) is 11.8 Å². The van der Waals surface area contributed by atoms with Crippen molar-refractivity contribution in [3.63, 3.8) is 0 Å². The monoisotopic (exact) mass is 355 g/mol. The average molecular weight is 355 g/mol. The third kappa shape index (κ3) is 2.27. The Morgan fingerprint density at radius 1 is 1.00 bits per heavy atom. The van der Waals surface area contributed by atoms with Crippen LogP contribution in [-0.4, -0.2) is 41.9 Å². The lowest BCUT2D eigenvalue weighted by atomic mass is 9.77. The van der Waals surface area contributed by atoms with E-state index in [1.54, 1.807) is 12.1 Å². The maximum absolute atomic E-state index is 10.3. The van der Waals surface area contributed by atoms with Crippen LogP contribution in [0.1, 0.15) is 35.1 Å². The van der Waals surface area contributed by atoms with Crippen LogP contribution in [0.15, 0.2) is 24.3 Å². The van der Waals surface area contributed by atoms with Gasteiger partial charge in [0, 0.05) is 23.6 Å². The van der Waals surface area contributed by atoms with E-state index in [9.17, 15) is 10.2 Å². The third-order valence-electron chi connectivity index (χ3n) is 5.58. The normalized spacial score (nSPS) is 25.9. The number of aromatic hydroxyl groups is 2. The predicted octanol–water partition coefficient (Wildman–Crippen LogP) is 3.43. The van der Waals surface area contributed by atoms with Crippen LogP contribution in [0.4, 0.5) is 0 Å². The number of hydrogen-bond acceptors (Lipinski definition) is 5. The van der Waals surface area contributed by atoms with Gasteiger partial charge in [-0.3, -0.25) is 0 Å². The smallest absolute Gasteiger partial charge is 0.187 e. The van der Waals surface area contributed by atoms with Crippen LogP contribution in [0.3, 0.4) is 0 Å². The Morgan fingerprint density at radius 3 is 2.27 bits per heavy atom. The van der Waals surface area contributed by atoms with E-state index >= 15 is 0 Å². The molecule has 0 aliphatic carbocycles. The zero-order valence-electron chi connectivity index (χ0n) is 15.8. The fourth-order valence-electron chi connectivity index (χ4n) is 4.27. The Hall–Kier alpha value is -2.40. The van der Waals surface area contributed by atoms with E-state index in [1.807, 2.05) is 40.1 Å². The quantitative estimate of drug-likeness (QED) is 0.864. The first-order chi connectivity index (χ1) is 12.2. The lowest BCUT2D eigenvalue weighted by Gasteiger charge is -2.44. The molecule has 0 fully saturated rings. The predicted molar refractivity (Wildman–Crippen MR) is 99.4 cm³/mol. The Labute approximate surface area is 153 Å². The summed E-state index contributed by atoms with van der Waals surface area (Å²) in [5.74, 6) is 2.06. The van der Waals surface area contributed by atoms with E-state index < -0.39 is 5.60 Å². The molecule has 4 rings (SSSR count). The number of phenolic OH excluding ortho intramolecular Hbond substituents is 2. The number of phenols is 2. The van der Waals surface area contributed by atoms with Gasteiger partial charge in [-0.05, 0) is 63.3 Å². The molecular weight excluding hydrogens is 330 g/mol. The van der Waals surface area contributed by atoms with Crippen molar-refractivity contribution in [1.82, 2.24) is 4.90 Å². The van der Waals surface area contributed by atoms with Crippen molar-refractivity contribution in [3.05, 3.63) is 46.5 Å². The van der Waals surface area contributed by atoms with Gasteiger partial charge in [-0.2, -0.15) is 0 Å². The second kappa shape index (κ2) is 5.55. The van der Waals surface area contributed by atoms with Crippen molar-refractivity contribution in [2.45, 2.75) is 38.4 Å². The molecular formula is C21H25NO4. The van der Waals surface area contributed by atoms with Crippen molar-refractivity contribution < 1.29 is 19.7 Å². The molecule has 0 bridgehead atoms. The molecule has 2 aliphatic heterocycles. The number of aryl methyl sites for hydroxylation is 2. The van der Waals surface area contributed by atoms with Crippen LogP contribution < -0.4 is 9.47 Å². The molecule has 26 heavy (non-hydrogen) atoms. The summed E-state index contributed by atoms with van der Waals surface area (Å²) in [6.07, 6.45) is -0.240. The number of nitrogens with zero attached hydrogens (tertiary/aromatic N) is 1. The number of rotatable bonds is 2. The summed E-state index contributed by atoms with van der Waals surface area (Å²) in [5, 5.41) is 20.5. The van der Waals surface area contributed by atoms with Crippen LogP contribution in [0.2, 0.25) is 0 Å². The molecule has 5 heteroatoms. The van der Waals surface area contributed by atoms with Gasteiger partial charge >= 0.3 is 0 Å². The molecule has 0 saturated carbocycles. The SMILES string of the molecule is Cc1cc2c(cc1O)[C@@H](C)[C@H]1Oc3cc(C)c(O)cc3[C@@]1(CN(C)C)O2. The van der Waals surface area contributed by atoms with Gasteiger partial charge in [-0.15, -0.1) is 0 Å². The van der Waals surface area contributed by atoms with Gasteiger partial charge in [0.2, 0.25) is 0 Å². The number of fused-ring (bicyclic) bond motifs is 4. The first-order valence-corrected chi connectivity index (χ1v) is 8.91. The zero-order chi connectivity index (χ0) is 18.8. The maximum atomic E-state index is 10.3.